The molecule has 2 aliphatic heterocycles. The number of rotatable bonds is 4. The molecule has 0 amide bonds. The predicted octanol–water partition coefficient (Wildman–Crippen LogP) is 2.19. The third-order valence-corrected chi connectivity index (χ3v) is 4.67. The standard InChI is InChI=1S/C20H19N5O3/c1-2-16-13(3-4-23-20(16)28-12-15-11-26-7-8-27-15)9-14(1)25-19-18-17(10-24-19)21-5-6-22-18/h1-6,9,15H,7-8,10-12H2,(H,24,25). The SMILES string of the molecule is c1cnc2c(n1)CN=C2Nc1ccc2c(OCC3COCCO3)nccc2c1. The van der Waals surface area contributed by atoms with E-state index in [-0.39, 0.29) is 6.10 Å². The minimum absolute atomic E-state index is 0.0618. The van der Waals surface area contributed by atoms with E-state index in [0.717, 1.165) is 33.7 Å². The molecule has 5 rings (SSSR count). The number of hydrogen-bond acceptors (Lipinski definition) is 8. The van der Waals surface area contributed by atoms with E-state index in [2.05, 4.69) is 25.3 Å². The average Bonchev–Trinajstić information content (AvgIpc) is 3.16. The minimum Gasteiger partial charge on any atom is -0.474 e. The number of aliphatic imine (C=N–C) groups is 1. The lowest BCUT2D eigenvalue weighted by molar-refractivity contribution is -0.101. The lowest BCUT2D eigenvalue weighted by Crippen LogP contribution is -2.33. The first-order valence-electron chi connectivity index (χ1n) is 9.19. The Hall–Kier alpha value is -3.10. The molecule has 1 unspecified atom stereocenters. The van der Waals surface area contributed by atoms with Crippen molar-refractivity contribution >= 4 is 22.3 Å². The van der Waals surface area contributed by atoms with Crippen LogP contribution in [0.4, 0.5) is 5.69 Å². The molecule has 0 bridgehead atoms. The van der Waals surface area contributed by atoms with Gasteiger partial charge in [-0.05, 0) is 29.7 Å². The minimum atomic E-state index is -0.0618. The molecule has 1 saturated heterocycles. The Balaban J connectivity index is 1.34. The Morgan fingerprint density at radius 3 is 2.96 bits per heavy atom. The fraction of sp³-hybridized carbons (Fsp3) is 0.300. The second kappa shape index (κ2) is 7.49. The number of aromatic nitrogens is 3. The van der Waals surface area contributed by atoms with Gasteiger partial charge in [0.2, 0.25) is 5.88 Å². The van der Waals surface area contributed by atoms with Crippen molar-refractivity contribution in [2.24, 2.45) is 4.99 Å². The van der Waals surface area contributed by atoms with Gasteiger partial charge in [0, 0.05) is 29.7 Å². The molecule has 0 aliphatic carbocycles. The Morgan fingerprint density at radius 2 is 2.04 bits per heavy atom. The van der Waals surface area contributed by atoms with Crippen LogP contribution < -0.4 is 10.1 Å². The molecule has 2 aromatic heterocycles. The van der Waals surface area contributed by atoms with Crippen LogP contribution in [-0.2, 0) is 16.0 Å². The van der Waals surface area contributed by atoms with Gasteiger partial charge in [-0.1, -0.05) is 0 Å². The van der Waals surface area contributed by atoms with Gasteiger partial charge in [0.1, 0.15) is 18.4 Å². The van der Waals surface area contributed by atoms with Crippen LogP contribution in [0.15, 0.2) is 47.8 Å². The summed E-state index contributed by atoms with van der Waals surface area (Å²) in [4.78, 5) is 17.6. The lowest BCUT2D eigenvalue weighted by Gasteiger charge is -2.22. The zero-order valence-corrected chi connectivity index (χ0v) is 15.2. The van der Waals surface area contributed by atoms with Gasteiger partial charge in [-0.15, -0.1) is 0 Å². The summed E-state index contributed by atoms with van der Waals surface area (Å²) < 4.78 is 16.9. The van der Waals surface area contributed by atoms with Gasteiger partial charge >= 0.3 is 0 Å². The second-order valence-corrected chi connectivity index (χ2v) is 6.57. The van der Waals surface area contributed by atoms with Crippen molar-refractivity contribution in [3.05, 3.63) is 54.2 Å². The van der Waals surface area contributed by atoms with Crippen LogP contribution in [0.1, 0.15) is 11.4 Å². The normalized spacial score (nSPS) is 18.6. The summed E-state index contributed by atoms with van der Waals surface area (Å²) >= 11 is 0. The molecule has 8 nitrogen and oxygen atoms in total. The highest BCUT2D eigenvalue weighted by Gasteiger charge is 2.19. The van der Waals surface area contributed by atoms with Gasteiger partial charge in [-0.25, -0.2) is 9.97 Å². The van der Waals surface area contributed by atoms with E-state index in [0.29, 0.717) is 38.9 Å². The molecule has 4 heterocycles. The molecule has 1 N–H and O–H groups in total. The Kier molecular flexibility index (Phi) is 4.56. The van der Waals surface area contributed by atoms with Crippen molar-refractivity contribution in [1.29, 1.82) is 0 Å². The highest BCUT2D eigenvalue weighted by atomic mass is 16.6. The molecule has 0 saturated carbocycles. The molecule has 28 heavy (non-hydrogen) atoms. The Bertz CT molecular complexity index is 1030. The predicted molar refractivity (Wildman–Crippen MR) is 104 cm³/mol. The zero-order chi connectivity index (χ0) is 18.8. The van der Waals surface area contributed by atoms with Crippen molar-refractivity contribution in [1.82, 2.24) is 15.0 Å². The second-order valence-electron chi connectivity index (χ2n) is 6.57. The van der Waals surface area contributed by atoms with Gasteiger partial charge in [-0.3, -0.25) is 9.98 Å². The molecule has 8 heteroatoms. The van der Waals surface area contributed by atoms with Crippen LogP contribution in [0.2, 0.25) is 0 Å². The first-order valence-corrected chi connectivity index (χ1v) is 9.19. The van der Waals surface area contributed by atoms with Crippen LogP contribution in [0.5, 0.6) is 5.88 Å². The van der Waals surface area contributed by atoms with Gasteiger partial charge in [-0.2, -0.15) is 0 Å². The summed E-state index contributed by atoms with van der Waals surface area (Å²) in [5.41, 5.74) is 2.61. The molecular formula is C20H19N5O3. The molecule has 1 aromatic carbocycles. The molecule has 1 fully saturated rings. The van der Waals surface area contributed by atoms with Crippen molar-refractivity contribution in [3.8, 4) is 5.88 Å². The fourth-order valence-corrected chi connectivity index (χ4v) is 3.29. The Morgan fingerprint density at radius 1 is 1.07 bits per heavy atom. The van der Waals surface area contributed by atoms with E-state index >= 15 is 0 Å². The van der Waals surface area contributed by atoms with Gasteiger partial charge in [0.25, 0.3) is 0 Å². The fourth-order valence-electron chi connectivity index (χ4n) is 3.29. The summed E-state index contributed by atoms with van der Waals surface area (Å²) in [6, 6.07) is 7.97. The molecule has 2 aliphatic rings. The van der Waals surface area contributed by atoms with Crippen LogP contribution in [0, 0.1) is 0 Å². The summed E-state index contributed by atoms with van der Waals surface area (Å²) in [5, 5.41) is 5.31. The maximum absolute atomic E-state index is 5.90. The topological polar surface area (TPSA) is 90.8 Å². The monoisotopic (exact) mass is 377 g/mol. The molecule has 1 atom stereocenters. The van der Waals surface area contributed by atoms with Gasteiger partial charge in [0.05, 0.1) is 32.1 Å². The molecule has 3 aromatic rings. The van der Waals surface area contributed by atoms with E-state index < -0.39 is 0 Å². The Labute approximate surface area is 161 Å². The molecule has 142 valence electrons. The van der Waals surface area contributed by atoms with Crippen LogP contribution in [0.25, 0.3) is 10.8 Å². The third-order valence-electron chi connectivity index (χ3n) is 4.67. The van der Waals surface area contributed by atoms with Crippen molar-refractivity contribution in [3.63, 3.8) is 0 Å². The van der Waals surface area contributed by atoms with E-state index in [1.54, 1.807) is 18.6 Å². The van der Waals surface area contributed by atoms with Gasteiger partial charge in [0.15, 0.2) is 5.84 Å². The molecule has 0 radical (unpaired) electrons. The first kappa shape index (κ1) is 17.0. The first-order chi connectivity index (χ1) is 13.9. The van der Waals surface area contributed by atoms with Crippen LogP contribution >= 0.6 is 0 Å². The number of ether oxygens (including phenoxy) is 3. The number of amidine groups is 1. The summed E-state index contributed by atoms with van der Waals surface area (Å²) in [7, 11) is 0. The molecule has 0 spiro atoms. The number of hydrogen-bond donors (Lipinski definition) is 1. The smallest absolute Gasteiger partial charge is 0.221 e. The van der Waals surface area contributed by atoms with Crippen molar-refractivity contribution in [2.75, 3.05) is 31.7 Å². The van der Waals surface area contributed by atoms with E-state index in [9.17, 15) is 0 Å². The number of nitrogens with zero attached hydrogens (tertiary/aromatic N) is 4. The number of nitrogens with one attached hydrogen (secondary N) is 1. The number of anilines is 1. The lowest BCUT2D eigenvalue weighted by atomic mass is 10.1. The van der Waals surface area contributed by atoms with Crippen molar-refractivity contribution in [2.45, 2.75) is 12.6 Å². The van der Waals surface area contributed by atoms with Crippen LogP contribution in [-0.4, -0.2) is 53.3 Å². The summed E-state index contributed by atoms with van der Waals surface area (Å²) in [6.07, 6.45) is 5.05. The summed E-state index contributed by atoms with van der Waals surface area (Å²) in [6.45, 7) is 2.75. The number of pyridine rings is 1. The summed E-state index contributed by atoms with van der Waals surface area (Å²) in [5.74, 6) is 1.33. The zero-order valence-electron chi connectivity index (χ0n) is 15.2. The maximum atomic E-state index is 5.90. The quantitative estimate of drug-likeness (QED) is 0.745. The highest BCUT2D eigenvalue weighted by Crippen LogP contribution is 2.27. The third kappa shape index (κ3) is 3.39. The maximum Gasteiger partial charge on any atom is 0.221 e. The van der Waals surface area contributed by atoms with E-state index in [1.165, 1.54) is 0 Å². The number of fused-ring (bicyclic) bond motifs is 2. The number of benzene rings is 1. The average molecular weight is 377 g/mol. The van der Waals surface area contributed by atoms with E-state index in [1.807, 2.05) is 24.3 Å². The van der Waals surface area contributed by atoms with E-state index in [4.69, 9.17) is 14.2 Å². The largest absolute Gasteiger partial charge is 0.474 e. The van der Waals surface area contributed by atoms with Crippen LogP contribution in [0.3, 0.4) is 0 Å². The van der Waals surface area contributed by atoms with Gasteiger partial charge < -0.3 is 19.5 Å². The molecular weight excluding hydrogens is 358 g/mol. The highest BCUT2D eigenvalue weighted by molar-refractivity contribution is 6.09. The van der Waals surface area contributed by atoms with Crippen molar-refractivity contribution < 1.29 is 14.2 Å².